The van der Waals surface area contributed by atoms with Crippen molar-refractivity contribution in [1.82, 2.24) is 20.4 Å². The average Bonchev–Trinajstić information content (AvgIpc) is 3.64. The Labute approximate surface area is 299 Å². The molecule has 2 heterocycles. The lowest BCUT2D eigenvalue weighted by Gasteiger charge is -2.29. The van der Waals surface area contributed by atoms with E-state index >= 15 is 0 Å². The number of likely N-dealkylation sites (tertiary alicyclic amines) is 1. The topological polar surface area (TPSA) is 160 Å². The third-order valence-corrected chi connectivity index (χ3v) is 8.49. The van der Waals surface area contributed by atoms with E-state index in [1.165, 1.54) is 4.90 Å². The number of carbonyl (C=O) groups is 6. The molecule has 0 radical (unpaired) electrons. The Hall–Kier alpha value is -4.94. The predicted molar refractivity (Wildman–Crippen MR) is 187 cm³/mol. The van der Waals surface area contributed by atoms with Crippen molar-refractivity contribution in [1.29, 1.82) is 0 Å². The number of hydrogen-bond acceptors (Lipinski definition) is 9. The van der Waals surface area contributed by atoms with Gasteiger partial charge in [0.1, 0.15) is 36.4 Å². The lowest BCUT2D eigenvalue weighted by atomic mass is 10.0. The third kappa shape index (κ3) is 10.8. The summed E-state index contributed by atoms with van der Waals surface area (Å²) in [6.07, 6.45) is 0.476. The number of nitrogens with zero attached hydrogens (tertiary/aromatic N) is 2. The van der Waals surface area contributed by atoms with Crippen molar-refractivity contribution in [2.45, 2.75) is 110 Å². The van der Waals surface area contributed by atoms with Gasteiger partial charge in [0.15, 0.2) is 6.04 Å². The summed E-state index contributed by atoms with van der Waals surface area (Å²) < 4.78 is 16.2. The summed E-state index contributed by atoms with van der Waals surface area (Å²) in [7, 11) is 0. The molecular formula is C38H50N4O9. The number of rotatable bonds is 14. The molecule has 2 N–H and O–H groups in total. The van der Waals surface area contributed by atoms with Gasteiger partial charge in [-0.15, -0.1) is 0 Å². The number of nitrogens with one attached hydrogen (secondary N) is 2. The summed E-state index contributed by atoms with van der Waals surface area (Å²) in [6.45, 7) is 10.9. The molecule has 2 aliphatic heterocycles. The predicted octanol–water partition coefficient (Wildman–Crippen LogP) is 3.53. The molecule has 0 aromatic heterocycles. The summed E-state index contributed by atoms with van der Waals surface area (Å²) in [6, 6.07) is 12.6. The average molecular weight is 707 g/mol. The monoisotopic (exact) mass is 706 g/mol. The van der Waals surface area contributed by atoms with E-state index in [0.29, 0.717) is 19.4 Å². The van der Waals surface area contributed by atoms with E-state index < -0.39 is 71.6 Å². The van der Waals surface area contributed by atoms with Crippen LogP contribution < -0.4 is 10.6 Å². The molecule has 2 saturated heterocycles. The smallest absolute Gasteiger partial charge is 0.408 e. The Morgan fingerprint density at radius 1 is 0.804 bits per heavy atom. The molecule has 0 aliphatic carbocycles. The first-order valence-electron chi connectivity index (χ1n) is 17.5. The number of alkyl carbamates (subject to hydrolysis) is 1. The standard InChI is InChI=1S/C38H50N4O9/c1-7-49-36(47)31-30(42(31)34(45)28(22-25-15-10-8-11-16-25)40-37(48)51-38(4,5)6)32(43)39-27(21-24(2)3)33(44)41-20-14-19-29(41)35(46)50-23-26-17-12-9-13-18-26/h8-13,15-18,24,27-31H,7,14,19-23H2,1-6H3,(H,39,43)(H,40,48)/t27-,28-,29?,30-,31-,42?/m0/s1. The lowest BCUT2D eigenvalue weighted by Crippen LogP contribution is -2.53. The molecule has 4 rings (SSSR count). The first-order chi connectivity index (χ1) is 24.2. The van der Waals surface area contributed by atoms with Crippen LogP contribution in [0.2, 0.25) is 0 Å². The van der Waals surface area contributed by atoms with Gasteiger partial charge in [0, 0.05) is 13.0 Å². The first kappa shape index (κ1) is 38.9. The number of ether oxygens (including phenoxy) is 3. The van der Waals surface area contributed by atoms with Crippen molar-refractivity contribution >= 4 is 35.8 Å². The number of benzene rings is 2. The van der Waals surface area contributed by atoms with Crippen molar-refractivity contribution in [2.24, 2.45) is 5.92 Å². The summed E-state index contributed by atoms with van der Waals surface area (Å²) >= 11 is 0. The number of hydrogen-bond donors (Lipinski definition) is 2. The Balaban J connectivity index is 1.52. The second-order valence-electron chi connectivity index (χ2n) is 14.2. The molecule has 0 spiro atoms. The van der Waals surface area contributed by atoms with Gasteiger partial charge in [-0.05, 0) is 64.0 Å². The van der Waals surface area contributed by atoms with Gasteiger partial charge >= 0.3 is 18.0 Å². The Kier molecular flexibility index (Phi) is 13.2. The van der Waals surface area contributed by atoms with Crippen molar-refractivity contribution in [3.63, 3.8) is 0 Å². The van der Waals surface area contributed by atoms with Crippen LogP contribution >= 0.6 is 0 Å². The molecule has 13 nitrogen and oxygen atoms in total. The summed E-state index contributed by atoms with van der Waals surface area (Å²) in [5.74, 6) is -3.20. The van der Waals surface area contributed by atoms with Gasteiger partial charge in [0.2, 0.25) is 17.7 Å². The van der Waals surface area contributed by atoms with E-state index in [1.54, 1.807) is 52.0 Å². The van der Waals surface area contributed by atoms with E-state index in [1.807, 2.05) is 50.2 Å². The van der Waals surface area contributed by atoms with Crippen LogP contribution in [0.25, 0.3) is 0 Å². The second kappa shape index (κ2) is 17.3. The van der Waals surface area contributed by atoms with E-state index in [4.69, 9.17) is 14.2 Å². The van der Waals surface area contributed by atoms with Crippen LogP contribution in [-0.2, 0) is 51.2 Å². The second-order valence-corrected chi connectivity index (χ2v) is 14.2. The molecule has 1 unspecified atom stereocenters. The van der Waals surface area contributed by atoms with Crippen LogP contribution in [0, 0.1) is 5.92 Å². The number of amides is 4. The maximum absolute atomic E-state index is 14.1. The van der Waals surface area contributed by atoms with Crippen LogP contribution in [0.3, 0.4) is 0 Å². The Morgan fingerprint density at radius 3 is 2.02 bits per heavy atom. The molecule has 276 valence electrons. The van der Waals surface area contributed by atoms with Crippen LogP contribution in [0.5, 0.6) is 0 Å². The Morgan fingerprint density at radius 2 is 1.43 bits per heavy atom. The molecule has 2 aliphatic rings. The van der Waals surface area contributed by atoms with Crippen molar-refractivity contribution in [3.8, 4) is 0 Å². The third-order valence-electron chi connectivity index (χ3n) is 8.49. The SMILES string of the molecule is CCOC(=O)[C@@H]1[C@@H](C(=O)N[C@@H](CC(C)C)C(=O)N2CCCC2C(=O)OCc2ccccc2)N1C(=O)[C@H](Cc1ccccc1)NC(=O)OC(C)(C)C. The molecule has 5 atom stereocenters. The van der Waals surface area contributed by atoms with Crippen LogP contribution in [-0.4, -0.2) is 94.5 Å². The minimum atomic E-state index is -1.29. The van der Waals surface area contributed by atoms with Gasteiger partial charge in [-0.25, -0.2) is 14.4 Å². The van der Waals surface area contributed by atoms with Crippen LogP contribution in [0.1, 0.15) is 71.9 Å². The van der Waals surface area contributed by atoms with Crippen molar-refractivity contribution in [2.75, 3.05) is 13.2 Å². The van der Waals surface area contributed by atoms with Gasteiger partial charge in [0.05, 0.1) is 6.61 Å². The van der Waals surface area contributed by atoms with Gasteiger partial charge in [-0.3, -0.25) is 14.4 Å². The first-order valence-corrected chi connectivity index (χ1v) is 17.5. The molecule has 51 heavy (non-hydrogen) atoms. The number of esters is 2. The molecule has 0 saturated carbocycles. The van der Waals surface area contributed by atoms with Gasteiger partial charge in [-0.1, -0.05) is 74.5 Å². The highest BCUT2D eigenvalue weighted by Gasteiger charge is 2.62. The molecule has 2 aromatic carbocycles. The van der Waals surface area contributed by atoms with Crippen LogP contribution in [0.15, 0.2) is 60.7 Å². The molecule has 13 heteroatoms. The zero-order chi connectivity index (χ0) is 37.3. The van der Waals surface area contributed by atoms with Crippen LogP contribution in [0.4, 0.5) is 4.79 Å². The Bertz CT molecular complexity index is 1540. The zero-order valence-corrected chi connectivity index (χ0v) is 30.3. The van der Waals surface area contributed by atoms with E-state index in [2.05, 4.69) is 10.6 Å². The molecule has 0 bridgehead atoms. The lowest BCUT2D eigenvalue weighted by molar-refractivity contribution is -0.155. The fourth-order valence-corrected chi connectivity index (χ4v) is 6.18. The summed E-state index contributed by atoms with van der Waals surface area (Å²) in [5, 5.41) is 5.39. The minimum Gasteiger partial charge on any atom is -0.464 e. The van der Waals surface area contributed by atoms with Gasteiger partial charge < -0.3 is 34.6 Å². The molecule has 2 aromatic rings. The van der Waals surface area contributed by atoms with E-state index in [-0.39, 0.29) is 32.0 Å². The molecule has 4 amide bonds. The zero-order valence-electron chi connectivity index (χ0n) is 30.3. The highest BCUT2D eigenvalue weighted by Crippen LogP contribution is 2.32. The molecular weight excluding hydrogens is 656 g/mol. The fourth-order valence-electron chi connectivity index (χ4n) is 6.18. The molecule has 2 fully saturated rings. The highest BCUT2D eigenvalue weighted by molar-refractivity contribution is 6.05. The number of carbonyl (C=O) groups excluding carboxylic acids is 6. The van der Waals surface area contributed by atoms with E-state index in [9.17, 15) is 28.8 Å². The minimum absolute atomic E-state index is 0.0144. The van der Waals surface area contributed by atoms with Gasteiger partial charge in [-0.2, -0.15) is 0 Å². The van der Waals surface area contributed by atoms with E-state index in [0.717, 1.165) is 16.0 Å². The highest BCUT2D eigenvalue weighted by atomic mass is 16.6. The van der Waals surface area contributed by atoms with Crippen molar-refractivity contribution in [3.05, 3.63) is 71.8 Å². The summed E-state index contributed by atoms with van der Waals surface area (Å²) in [4.78, 5) is 83.6. The van der Waals surface area contributed by atoms with Crippen molar-refractivity contribution < 1.29 is 43.0 Å². The summed E-state index contributed by atoms with van der Waals surface area (Å²) in [5.41, 5.74) is 0.705. The van der Waals surface area contributed by atoms with Gasteiger partial charge in [0.25, 0.3) is 0 Å². The maximum Gasteiger partial charge on any atom is 0.408 e. The quantitative estimate of drug-likeness (QED) is 0.170. The fraction of sp³-hybridized carbons (Fsp3) is 0.526. The largest absolute Gasteiger partial charge is 0.464 e. The maximum atomic E-state index is 14.1. The normalized spacial score (nSPS) is 19.5.